The smallest absolute Gasteiger partial charge is 0.276 e. The average molecular weight is 273 g/mol. The van der Waals surface area contributed by atoms with Gasteiger partial charge in [0.25, 0.3) is 5.56 Å². The van der Waals surface area contributed by atoms with E-state index in [1.165, 1.54) is 17.7 Å². The predicted molar refractivity (Wildman–Crippen MR) is 76.9 cm³/mol. The average Bonchev–Trinajstić information content (AvgIpc) is 2.79. The summed E-state index contributed by atoms with van der Waals surface area (Å²) in [7, 11) is 0. The molecule has 0 bridgehead atoms. The van der Waals surface area contributed by atoms with Crippen molar-refractivity contribution in [2.24, 2.45) is 0 Å². The van der Waals surface area contributed by atoms with E-state index in [0.29, 0.717) is 10.9 Å². The zero-order valence-electron chi connectivity index (χ0n) is 10.1. The highest BCUT2D eigenvalue weighted by Crippen LogP contribution is 2.29. The number of nitrogens with one attached hydrogen (secondary N) is 2. The molecule has 19 heavy (non-hydrogen) atoms. The van der Waals surface area contributed by atoms with Crippen LogP contribution in [0.1, 0.15) is 5.56 Å². The molecule has 7 heteroatoms. The van der Waals surface area contributed by atoms with E-state index in [0.717, 1.165) is 15.8 Å². The molecule has 0 radical (unpaired) electrons. The fraction of sp³-hybridized carbons (Fsp3) is 0.0833. The lowest BCUT2D eigenvalue weighted by atomic mass is 10.2. The van der Waals surface area contributed by atoms with Crippen LogP contribution >= 0.6 is 11.3 Å². The van der Waals surface area contributed by atoms with Crippen LogP contribution in [-0.2, 0) is 0 Å². The second-order valence-corrected chi connectivity index (χ2v) is 5.09. The largest absolute Gasteiger partial charge is 0.391 e. The lowest BCUT2D eigenvalue weighted by molar-refractivity contribution is 1.12. The minimum atomic E-state index is -0.366. The molecule has 0 saturated heterocycles. The van der Waals surface area contributed by atoms with E-state index >= 15 is 0 Å². The summed E-state index contributed by atoms with van der Waals surface area (Å²) in [6.45, 7) is 2.01. The number of anilines is 3. The minimum Gasteiger partial charge on any atom is -0.391 e. The first-order valence-corrected chi connectivity index (χ1v) is 6.43. The molecule has 96 valence electrons. The van der Waals surface area contributed by atoms with Crippen LogP contribution in [0.25, 0.3) is 10.2 Å². The van der Waals surface area contributed by atoms with Gasteiger partial charge in [-0.15, -0.1) is 0 Å². The number of benzene rings is 1. The summed E-state index contributed by atoms with van der Waals surface area (Å²) >= 11 is 1.49. The number of para-hydroxylation sites is 1. The number of nitrogens with two attached hydrogens (primary N) is 1. The van der Waals surface area contributed by atoms with E-state index < -0.39 is 0 Å². The molecule has 0 aliphatic carbocycles. The number of aromatic amines is 1. The van der Waals surface area contributed by atoms with Crippen LogP contribution in [0.3, 0.4) is 0 Å². The van der Waals surface area contributed by atoms with E-state index in [9.17, 15) is 4.79 Å². The Balaban J connectivity index is 2.04. The summed E-state index contributed by atoms with van der Waals surface area (Å²) in [4.78, 5) is 22.3. The second-order valence-electron chi connectivity index (χ2n) is 4.06. The van der Waals surface area contributed by atoms with E-state index in [-0.39, 0.29) is 11.2 Å². The molecule has 4 N–H and O–H groups in total. The van der Waals surface area contributed by atoms with Gasteiger partial charge in [-0.2, -0.15) is 0 Å². The van der Waals surface area contributed by atoms with Crippen molar-refractivity contribution in [3.05, 3.63) is 40.4 Å². The molecule has 0 spiro atoms. The Hall–Kier alpha value is -2.41. The summed E-state index contributed by atoms with van der Waals surface area (Å²) in [5.41, 5.74) is 7.40. The molecule has 0 amide bonds. The summed E-state index contributed by atoms with van der Waals surface area (Å²) < 4.78 is 1.07. The highest BCUT2D eigenvalue weighted by atomic mass is 32.1. The molecule has 6 nitrogen and oxygen atoms in total. The highest BCUT2D eigenvalue weighted by Gasteiger charge is 2.09. The number of aromatic nitrogens is 3. The first kappa shape index (κ1) is 11.7. The van der Waals surface area contributed by atoms with Gasteiger partial charge in [0.15, 0.2) is 10.9 Å². The summed E-state index contributed by atoms with van der Waals surface area (Å²) in [5, 5.41) is 3.64. The standard InChI is InChI=1S/C12H11N5OS/c1-6-3-2-4-7-9(6)16-12(19-7)17-10-8(13)11(18)15-5-14-10/h2-5H,13H2,1H3,(H2,14,15,16,17,18). The number of H-pyrrole nitrogens is 1. The quantitative estimate of drug-likeness (QED) is 0.663. The Kier molecular flexibility index (Phi) is 2.68. The Morgan fingerprint density at radius 3 is 3.05 bits per heavy atom. The number of nitrogen functional groups attached to an aromatic ring is 1. The van der Waals surface area contributed by atoms with Gasteiger partial charge in [0.1, 0.15) is 5.69 Å². The molecular weight excluding hydrogens is 262 g/mol. The molecule has 0 saturated carbocycles. The lowest BCUT2D eigenvalue weighted by Gasteiger charge is -2.02. The summed E-state index contributed by atoms with van der Waals surface area (Å²) in [6.07, 6.45) is 1.31. The maximum atomic E-state index is 11.4. The van der Waals surface area contributed by atoms with Gasteiger partial charge in [-0.3, -0.25) is 4.79 Å². The second kappa shape index (κ2) is 4.36. The fourth-order valence-electron chi connectivity index (χ4n) is 1.75. The maximum Gasteiger partial charge on any atom is 0.276 e. The molecule has 2 heterocycles. The summed E-state index contributed by atoms with van der Waals surface area (Å²) in [5.74, 6) is 0.320. The van der Waals surface area contributed by atoms with Crippen molar-refractivity contribution in [3.63, 3.8) is 0 Å². The van der Waals surface area contributed by atoms with Crippen LogP contribution in [-0.4, -0.2) is 15.0 Å². The number of fused-ring (bicyclic) bond motifs is 1. The van der Waals surface area contributed by atoms with Gasteiger partial charge in [0.05, 0.1) is 16.5 Å². The van der Waals surface area contributed by atoms with Crippen LogP contribution < -0.4 is 16.6 Å². The highest BCUT2D eigenvalue weighted by molar-refractivity contribution is 7.22. The van der Waals surface area contributed by atoms with Crippen LogP contribution in [0.5, 0.6) is 0 Å². The number of rotatable bonds is 2. The van der Waals surface area contributed by atoms with Gasteiger partial charge in [-0.25, -0.2) is 9.97 Å². The predicted octanol–water partition coefficient (Wildman–Crippen LogP) is 2.01. The van der Waals surface area contributed by atoms with Gasteiger partial charge in [0.2, 0.25) is 0 Å². The van der Waals surface area contributed by atoms with Gasteiger partial charge < -0.3 is 16.0 Å². The van der Waals surface area contributed by atoms with Crippen molar-refractivity contribution < 1.29 is 0 Å². The molecule has 0 fully saturated rings. The number of thiazole rings is 1. The maximum absolute atomic E-state index is 11.4. The lowest BCUT2D eigenvalue weighted by Crippen LogP contribution is -2.14. The van der Waals surface area contributed by atoms with E-state index in [4.69, 9.17) is 5.73 Å². The summed E-state index contributed by atoms with van der Waals surface area (Å²) in [6, 6.07) is 5.99. The first-order valence-electron chi connectivity index (χ1n) is 5.61. The van der Waals surface area contributed by atoms with Crippen molar-refractivity contribution >= 4 is 38.2 Å². The van der Waals surface area contributed by atoms with Crippen molar-refractivity contribution in [3.8, 4) is 0 Å². The van der Waals surface area contributed by atoms with E-state index in [1.807, 2.05) is 25.1 Å². The van der Waals surface area contributed by atoms with Gasteiger partial charge >= 0.3 is 0 Å². The van der Waals surface area contributed by atoms with Crippen LogP contribution in [0.15, 0.2) is 29.3 Å². The Bertz CT molecular complexity index is 807. The van der Waals surface area contributed by atoms with Gasteiger partial charge in [0, 0.05) is 0 Å². The van der Waals surface area contributed by atoms with E-state index in [2.05, 4.69) is 20.3 Å². The third kappa shape index (κ3) is 2.04. The topological polar surface area (TPSA) is 96.7 Å². The number of aryl methyl sites for hydroxylation is 1. The number of hydrogen-bond donors (Lipinski definition) is 3. The van der Waals surface area contributed by atoms with Crippen molar-refractivity contribution in [2.45, 2.75) is 6.92 Å². The zero-order valence-corrected chi connectivity index (χ0v) is 10.9. The Labute approximate surface area is 112 Å². The molecule has 0 aliphatic heterocycles. The van der Waals surface area contributed by atoms with Crippen LogP contribution in [0.4, 0.5) is 16.6 Å². The minimum absolute atomic E-state index is 0.0541. The van der Waals surface area contributed by atoms with E-state index in [1.54, 1.807) is 0 Å². The molecule has 3 aromatic rings. The SMILES string of the molecule is Cc1cccc2sc(Nc3nc[nH]c(=O)c3N)nc12. The molecule has 0 atom stereocenters. The van der Waals surface area contributed by atoms with Crippen LogP contribution in [0, 0.1) is 6.92 Å². The van der Waals surface area contributed by atoms with Crippen molar-refractivity contribution in [2.75, 3.05) is 11.1 Å². The third-order valence-electron chi connectivity index (χ3n) is 2.74. The molecule has 3 rings (SSSR count). The van der Waals surface area contributed by atoms with Gasteiger partial charge in [-0.1, -0.05) is 23.5 Å². The van der Waals surface area contributed by atoms with Crippen LogP contribution in [0.2, 0.25) is 0 Å². The first-order chi connectivity index (χ1) is 9.15. The number of hydrogen-bond acceptors (Lipinski definition) is 6. The normalized spacial score (nSPS) is 10.8. The molecule has 0 unspecified atom stereocenters. The zero-order chi connectivity index (χ0) is 13.4. The number of nitrogens with zero attached hydrogens (tertiary/aromatic N) is 2. The monoisotopic (exact) mass is 273 g/mol. The van der Waals surface area contributed by atoms with Crippen molar-refractivity contribution in [1.82, 2.24) is 15.0 Å². The fourth-order valence-corrected chi connectivity index (χ4v) is 2.69. The Morgan fingerprint density at radius 2 is 2.26 bits per heavy atom. The molecule has 1 aromatic carbocycles. The molecule has 2 aromatic heterocycles. The molecule has 0 aliphatic rings. The van der Waals surface area contributed by atoms with Crippen molar-refractivity contribution in [1.29, 1.82) is 0 Å². The van der Waals surface area contributed by atoms with Gasteiger partial charge in [-0.05, 0) is 18.6 Å². The molecular formula is C12H11N5OS. The Morgan fingerprint density at radius 1 is 1.42 bits per heavy atom. The third-order valence-corrected chi connectivity index (χ3v) is 3.67.